The van der Waals surface area contributed by atoms with E-state index in [0.717, 1.165) is 0 Å². The van der Waals surface area contributed by atoms with Crippen LogP contribution in [0.15, 0.2) is 12.9 Å². The fourth-order valence-corrected chi connectivity index (χ4v) is 0. The molecule has 6 nitrogen and oxygen atoms in total. The molecule has 0 aliphatic carbocycles. The van der Waals surface area contributed by atoms with Crippen molar-refractivity contribution < 1.29 is 34.4 Å². The predicted octanol–water partition coefficient (Wildman–Crippen LogP) is 1.54. The van der Waals surface area contributed by atoms with Crippen molar-refractivity contribution in [2.45, 2.75) is 0 Å². The molecule has 66 valence electrons. The van der Waals surface area contributed by atoms with E-state index in [0.29, 0.717) is 0 Å². The summed E-state index contributed by atoms with van der Waals surface area (Å²) in [5.41, 5.74) is 0. The summed E-state index contributed by atoms with van der Waals surface area (Å²) in [6.07, 6.45) is -3.42. The summed E-state index contributed by atoms with van der Waals surface area (Å²) in [4.78, 5) is 17.1. The van der Waals surface area contributed by atoms with Crippen LogP contribution in [0.5, 0.6) is 0 Å². The molecule has 0 aromatic heterocycles. The Morgan fingerprint density at radius 2 is 1.09 bits per heavy atom. The third-order valence-electron chi connectivity index (χ3n) is 0. The zero-order valence-electron chi connectivity index (χ0n) is 5.27. The molecule has 0 bridgehead atoms. The van der Waals surface area contributed by atoms with Crippen molar-refractivity contribution in [2.75, 3.05) is 0 Å². The van der Waals surface area contributed by atoms with Crippen LogP contribution in [0.25, 0.3) is 0 Å². The van der Waals surface area contributed by atoms with E-state index in [4.69, 9.17) is 30.0 Å². The summed E-state index contributed by atoms with van der Waals surface area (Å²) in [5.74, 6) is 0. The Hall–Kier alpha value is -1.79. The van der Waals surface area contributed by atoms with E-state index in [1.165, 1.54) is 0 Å². The van der Waals surface area contributed by atoms with Crippen molar-refractivity contribution in [2.24, 2.45) is 0 Å². The zero-order chi connectivity index (χ0) is 9.86. The highest BCUT2D eigenvalue weighted by atomic mass is 19.1. The van der Waals surface area contributed by atoms with Gasteiger partial charge in [-0.15, -0.1) is 0 Å². The van der Waals surface area contributed by atoms with Crippen LogP contribution in [0.4, 0.5) is 14.0 Å². The summed E-state index contributed by atoms with van der Waals surface area (Å²) < 4.78 is 10.1. The van der Waals surface area contributed by atoms with Crippen molar-refractivity contribution >= 4 is 12.3 Å². The number of rotatable bonds is 0. The first-order chi connectivity index (χ1) is 4.88. The molecular formula is C4H7FO6. The second-order valence-corrected chi connectivity index (χ2v) is 0.719. The average Bonchev–Trinajstić information content (AvgIpc) is 1.60. The molecule has 0 saturated carbocycles. The lowest BCUT2D eigenvalue weighted by molar-refractivity contribution is 0.135. The van der Waals surface area contributed by atoms with E-state index in [1.807, 2.05) is 0 Å². The number of halogens is 1. The van der Waals surface area contributed by atoms with Gasteiger partial charge < -0.3 is 20.4 Å². The highest BCUT2D eigenvalue weighted by Crippen LogP contribution is 1.48. The monoisotopic (exact) mass is 170 g/mol. The van der Waals surface area contributed by atoms with E-state index >= 15 is 0 Å². The van der Waals surface area contributed by atoms with Gasteiger partial charge >= 0.3 is 12.3 Å². The van der Waals surface area contributed by atoms with Crippen molar-refractivity contribution in [1.29, 1.82) is 0 Å². The smallest absolute Gasteiger partial charge is 0.450 e. The first-order valence-electron chi connectivity index (χ1n) is 1.93. The Morgan fingerprint density at radius 1 is 1.09 bits per heavy atom. The summed E-state index contributed by atoms with van der Waals surface area (Å²) in [7, 11) is 0. The average molecular weight is 170 g/mol. The quantitative estimate of drug-likeness (QED) is 0.438. The molecule has 0 atom stereocenters. The third-order valence-corrected chi connectivity index (χ3v) is 0. The van der Waals surface area contributed by atoms with Gasteiger partial charge in [-0.05, 0) is 0 Å². The number of hydrogen-bond donors (Lipinski definition) is 4. The highest BCUT2D eigenvalue weighted by molar-refractivity contribution is 5.53. The number of carbonyl (C=O) groups is 2. The van der Waals surface area contributed by atoms with E-state index in [1.54, 1.807) is 0 Å². The van der Waals surface area contributed by atoms with Crippen LogP contribution in [-0.4, -0.2) is 32.7 Å². The van der Waals surface area contributed by atoms with E-state index in [2.05, 4.69) is 6.58 Å². The fraction of sp³-hybridized carbons (Fsp3) is 0. The number of carboxylic acid groups (broad SMARTS) is 4. The molecule has 0 fully saturated rings. The molecule has 0 spiro atoms. The molecule has 0 radical (unpaired) electrons. The Balaban J connectivity index is -0.0000000886. The lowest BCUT2D eigenvalue weighted by atomic mass is 11.2. The highest BCUT2D eigenvalue weighted by Gasteiger charge is 1.70. The SMILES string of the molecule is C=CF.O=C(O)O.O=C(O)O. The van der Waals surface area contributed by atoms with Gasteiger partial charge in [0.2, 0.25) is 0 Å². The van der Waals surface area contributed by atoms with Crippen molar-refractivity contribution in [3.63, 3.8) is 0 Å². The third kappa shape index (κ3) is 98.8. The molecule has 0 unspecified atom stereocenters. The Bertz CT molecular complexity index is 102. The maximum atomic E-state index is 10.1. The van der Waals surface area contributed by atoms with E-state index in [9.17, 15) is 4.39 Å². The van der Waals surface area contributed by atoms with E-state index in [-0.39, 0.29) is 6.33 Å². The lowest BCUT2D eigenvalue weighted by Crippen LogP contribution is -1.81. The topological polar surface area (TPSA) is 115 Å². The molecule has 0 saturated heterocycles. The first kappa shape index (κ1) is 16.1. The van der Waals surface area contributed by atoms with Crippen LogP contribution in [0, 0.1) is 0 Å². The van der Waals surface area contributed by atoms with Crippen molar-refractivity contribution in [3.8, 4) is 0 Å². The van der Waals surface area contributed by atoms with Gasteiger partial charge in [-0.2, -0.15) is 0 Å². The molecule has 0 aromatic carbocycles. The summed E-state index contributed by atoms with van der Waals surface area (Å²) >= 11 is 0. The first-order valence-corrected chi connectivity index (χ1v) is 1.93. The van der Waals surface area contributed by atoms with Gasteiger partial charge in [0.1, 0.15) is 0 Å². The predicted molar refractivity (Wildman–Crippen MR) is 32.6 cm³/mol. The summed E-state index contributed by atoms with van der Waals surface area (Å²) in [6.45, 7) is 2.69. The van der Waals surface area contributed by atoms with Gasteiger partial charge in [-0.25, -0.2) is 14.0 Å². The van der Waals surface area contributed by atoms with Gasteiger partial charge in [0.25, 0.3) is 0 Å². The molecule has 0 amide bonds. The summed E-state index contributed by atoms with van der Waals surface area (Å²) in [5, 5.41) is 27.9. The molecule has 11 heavy (non-hydrogen) atoms. The maximum Gasteiger partial charge on any atom is 0.503 e. The Kier molecular flexibility index (Phi) is 23.0. The number of hydrogen-bond acceptors (Lipinski definition) is 2. The van der Waals surface area contributed by atoms with Gasteiger partial charge in [0.15, 0.2) is 0 Å². The maximum absolute atomic E-state index is 10.1. The second kappa shape index (κ2) is 15.7. The molecule has 0 aliphatic heterocycles. The molecule has 0 heterocycles. The van der Waals surface area contributed by atoms with Gasteiger partial charge in [-0.1, -0.05) is 6.58 Å². The van der Waals surface area contributed by atoms with Crippen LogP contribution in [0.1, 0.15) is 0 Å². The van der Waals surface area contributed by atoms with Crippen LogP contribution in [0.3, 0.4) is 0 Å². The Labute approximate surface area is 60.8 Å². The van der Waals surface area contributed by atoms with Gasteiger partial charge in [-0.3, -0.25) is 0 Å². The van der Waals surface area contributed by atoms with Crippen LogP contribution in [0.2, 0.25) is 0 Å². The molecule has 4 N–H and O–H groups in total. The van der Waals surface area contributed by atoms with Gasteiger partial charge in [0.05, 0.1) is 6.33 Å². The minimum Gasteiger partial charge on any atom is -0.450 e. The van der Waals surface area contributed by atoms with Crippen LogP contribution >= 0.6 is 0 Å². The molecular weight excluding hydrogens is 163 g/mol. The van der Waals surface area contributed by atoms with Crippen LogP contribution < -0.4 is 0 Å². The minimum atomic E-state index is -1.83. The largest absolute Gasteiger partial charge is 0.503 e. The second-order valence-electron chi connectivity index (χ2n) is 0.719. The van der Waals surface area contributed by atoms with Crippen LogP contribution in [-0.2, 0) is 0 Å². The standard InChI is InChI=1S/C2H3F.2CH2O3/c1-2-3;2*2-1(3)4/h2H,1H2;2*(H2,2,3,4). The lowest BCUT2D eigenvalue weighted by Gasteiger charge is -1.60. The minimum absolute atomic E-state index is 0.250. The van der Waals surface area contributed by atoms with Crippen molar-refractivity contribution in [3.05, 3.63) is 12.9 Å². The molecule has 0 aromatic rings. The van der Waals surface area contributed by atoms with Crippen molar-refractivity contribution in [1.82, 2.24) is 0 Å². The molecule has 0 rings (SSSR count). The fourth-order valence-electron chi connectivity index (χ4n) is 0. The normalized spacial score (nSPS) is 5.55. The molecule has 0 aliphatic rings. The molecule has 7 heteroatoms. The van der Waals surface area contributed by atoms with Gasteiger partial charge in [0, 0.05) is 0 Å². The van der Waals surface area contributed by atoms with E-state index < -0.39 is 12.3 Å². The summed E-state index contributed by atoms with van der Waals surface area (Å²) in [6, 6.07) is 0. The zero-order valence-corrected chi connectivity index (χ0v) is 5.27. The Morgan fingerprint density at radius 3 is 1.09 bits per heavy atom.